The maximum atomic E-state index is 12.2. The lowest BCUT2D eigenvalue weighted by molar-refractivity contribution is -0.136. The Morgan fingerprint density at radius 3 is 2.36 bits per heavy atom. The molecule has 0 aromatic carbocycles. The van der Waals surface area contributed by atoms with E-state index in [-0.39, 0.29) is 23.1 Å². The van der Waals surface area contributed by atoms with E-state index in [0.29, 0.717) is 31.7 Å². The van der Waals surface area contributed by atoms with Gasteiger partial charge >= 0.3 is 0 Å². The smallest absolute Gasteiger partial charge is 0.253 e. The highest BCUT2D eigenvalue weighted by atomic mass is 16.2. The van der Waals surface area contributed by atoms with Crippen molar-refractivity contribution in [1.29, 1.82) is 0 Å². The molecule has 122 valence electrons. The predicted octanol–water partition coefficient (Wildman–Crippen LogP) is 1.98. The molecule has 22 heavy (non-hydrogen) atoms. The van der Waals surface area contributed by atoms with Gasteiger partial charge in [-0.15, -0.1) is 0 Å². The molecule has 1 fully saturated rings. The number of amides is 3. The van der Waals surface area contributed by atoms with E-state index in [1.165, 1.54) is 17.1 Å². The van der Waals surface area contributed by atoms with Crippen LogP contribution in [-0.4, -0.2) is 47.2 Å². The number of rotatable bonds is 5. The van der Waals surface area contributed by atoms with E-state index >= 15 is 0 Å². The van der Waals surface area contributed by atoms with Gasteiger partial charge in [0.2, 0.25) is 5.91 Å². The molecule has 0 radical (unpaired) electrons. The van der Waals surface area contributed by atoms with Gasteiger partial charge < -0.3 is 4.90 Å². The molecule has 2 rings (SSSR count). The first-order valence-corrected chi connectivity index (χ1v) is 8.10. The van der Waals surface area contributed by atoms with Crippen LogP contribution in [0.15, 0.2) is 12.2 Å². The minimum Gasteiger partial charge on any atom is -0.342 e. The number of hydrogen-bond acceptors (Lipinski definition) is 3. The van der Waals surface area contributed by atoms with Crippen LogP contribution in [0.5, 0.6) is 0 Å². The van der Waals surface area contributed by atoms with Gasteiger partial charge in [0.15, 0.2) is 0 Å². The van der Waals surface area contributed by atoms with E-state index in [1.54, 1.807) is 0 Å². The van der Waals surface area contributed by atoms with E-state index < -0.39 is 0 Å². The molecule has 0 aliphatic carbocycles. The van der Waals surface area contributed by atoms with E-state index in [2.05, 4.69) is 20.8 Å². The normalized spacial score (nSPS) is 22.0. The van der Waals surface area contributed by atoms with Crippen LogP contribution < -0.4 is 0 Å². The molecule has 0 bridgehead atoms. The molecule has 0 N–H and O–H groups in total. The number of carbonyl (C=O) groups excluding carboxylic acids is 3. The molecule has 5 heteroatoms. The fourth-order valence-corrected chi connectivity index (χ4v) is 3.05. The summed E-state index contributed by atoms with van der Waals surface area (Å²) in [5.74, 6) is 0.277. The molecule has 1 atom stereocenters. The molecular weight excluding hydrogens is 280 g/mol. The lowest BCUT2D eigenvalue weighted by Crippen LogP contribution is -2.32. The summed E-state index contributed by atoms with van der Waals surface area (Å²) in [4.78, 5) is 38.2. The first kappa shape index (κ1) is 16.7. The molecular formula is C17H26N2O3. The Bertz CT molecular complexity index is 473. The number of carbonyl (C=O) groups is 3. The quantitative estimate of drug-likeness (QED) is 0.576. The van der Waals surface area contributed by atoms with Gasteiger partial charge in [-0.25, -0.2) is 0 Å². The van der Waals surface area contributed by atoms with Crippen molar-refractivity contribution in [3.05, 3.63) is 12.2 Å². The fourth-order valence-electron chi connectivity index (χ4n) is 3.05. The van der Waals surface area contributed by atoms with Crippen molar-refractivity contribution in [2.24, 2.45) is 11.3 Å². The first-order chi connectivity index (χ1) is 10.3. The van der Waals surface area contributed by atoms with Crippen molar-refractivity contribution in [2.45, 2.75) is 46.5 Å². The Morgan fingerprint density at radius 1 is 1.18 bits per heavy atom. The Morgan fingerprint density at radius 2 is 1.82 bits per heavy atom. The maximum absolute atomic E-state index is 12.2. The topological polar surface area (TPSA) is 57.7 Å². The number of imide groups is 1. The standard InChI is InChI=1S/C17H26N2O3/c1-17(2,3)13-9-11-18(12-13)14(20)6-4-5-10-19-15(21)7-8-16(19)22/h7-8,13H,4-6,9-12H2,1-3H3. The molecule has 3 amide bonds. The van der Waals surface area contributed by atoms with Gasteiger partial charge in [0.05, 0.1) is 0 Å². The average molecular weight is 306 g/mol. The summed E-state index contributed by atoms with van der Waals surface area (Å²) in [6, 6.07) is 0. The number of unbranched alkanes of at least 4 members (excludes halogenated alkanes) is 1. The van der Waals surface area contributed by atoms with Gasteiger partial charge in [0, 0.05) is 38.2 Å². The molecule has 2 heterocycles. The van der Waals surface area contributed by atoms with Crippen LogP contribution in [0.25, 0.3) is 0 Å². The molecule has 5 nitrogen and oxygen atoms in total. The second-order valence-corrected chi connectivity index (χ2v) is 7.31. The van der Waals surface area contributed by atoms with Gasteiger partial charge in [-0.3, -0.25) is 19.3 Å². The lowest BCUT2D eigenvalue weighted by atomic mass is 9.80. The number of nitrogens with zero attached hydrogens (tertiary/aromatic N) is 2. The molecule has 0 aromatic heterocycles. The van der Waals surface area contributed by atoms with Crippen molar-refractivity contribution >= 4 is 17.7 Å². The predicted molar refractivity (Wildman–Crippen MR) is 83.9 cm³/mol. The van der Waals surface area contributed by atoms with E-state index in [9.17, 15) is 14.4 Å². The summed E-state index contributed by atoms with van der Waals surface area (Å²) >= 11 is 0. The van der Waals surface area contributed by atoms with E-state index in [0.717, 1.165) is 19.5 Å². The minimum absolute atomic E-state index is 0.198. The third-order valence-electron chi connectivity index (χ3n) is 4.69. The van der Waals surface area contributed by atoms with Crippen molar-refractivity contribution in [2.75, 3.05) is 19.6 Å². The highest BCUT2D eigenvalue weighted by molar-refractivity contribution is 6.12. The Kier molecular flexibility index (Phi) is 5.04. The summed E-state index contributed by atoms with van der Waals surface area (Å²) in [5.41, 5.74) is 0.249. The van der Waals surface area contributed by atoms with Gasteiger partial charge in [-0.1, -0.05) is 20.8 Å². The Labute approximate surface area is 132 Å². The van der Waals surface area contributed by atoms with Gasteiger partial charge in [0.1, 0.15) is 0 Å². The third-order valence-corrected chi connectivity index (χ3v) is 4.69. The summed E-state index contributed by atoms with van der Waals surface area (Å²) in [7, 11) is 0. The number of hydrogen-bond donors (Lipinski definition) is 0. The molecule has 1 saturated heterocycles. The van der Waals surface area contributed by atoms with Crippen LogP contribution in [0, 0.1) is 11.3 Å². The summed E-state index contributed by atoms with van der Waals surface area (Å²) in [6.07, 6.45) is 5.57. The molecule has 0 aromatic rings. The van der Waals surface area contributed by atoms with Gasteiger partial charge in [0.25, 0.3) is 11.8 Å². The van der Waals surface area contributed by atoms with Crippen LogP contribution in [0.2, 0.25) is 0 Å². The molecule has 2 aliphatic rings. The molecule has 1 unspecified atom stereocenters. The zero-order valence-corrected chi connectivity index (χ0v) is 13.8. The molecule has 2 aliphatic heterocycles. The lowest BCUT2D eigenvalue weighted by Gasteiger charge is -2.27. The van der Waals surface area contributed by atoms with Crippen molar-refractivity contribution in [1.82, 2.24) is 9.80 Å². The van der Waals surface area contributed by atoms with Gasteiger partial charge in [-0.2, -0.15) is 0 Å². The van der Waals surface area contributed by atoms with Crippen LogP contribution >= 0.6 is 0 Å². The summed E-state index contributed by atoms with van der Waals surface area (Å²) < 4.78 is 0. The van der Waals surface area contributed by atoms with Crippen molar-refractivity contribution in [3.8, 4) is 0 Å². The largest absolute Gasteiger partial charge is 0.342 e. The average Bonchev–Trinajstić information content (AvgIpc) is 3.04. The zero-order chi connectivity index (χ0) is 16.3. The van der Waals surface area contributed by atoms with Crippen LogP contribution in [0.3, 0.4) is 0 Å². The van der Waals surface area contributed by atoms with E-state index in [4.69, 9.17) is 0 Å². The first-order valence-electron chi connectivity index (χ1n) is 8.10. The second-order valence-electron chi connectivity index (χ2n) is 7.31. The Hall–Kier alpha value is -1.65. The van der Waals surface area contributed by atoms with Crippen LogP contribution in [0.4, 0.5) is 0 Å². The summed E-state index contributed by atoms with van der Waals surface area (Å²) in [5, 5.41) is 0. The highest BCUT2D eigenvalue weighted by Crippen LogP contribution is 2.33. The van der Waals surface area contributed by atoms with E-state index in [1.807, 2.05) is 4.90 Å². The maximum Gasteiger partial charge on any atom is 0.253 e. The zero-order valence-electron chi connectivity index (χ0n) is 13.8. The summed E-state index contributed by atoms with van der Waals surface area (Å²) in [6.45, 7) is 8.79. The SMILES string of the molecule is CC(C)(C)C1CCN(C(=O)CCCCN2C(=O)C=CC2=O)C1. The number of likely N-dealkylation sites (tertiary alicyclic amines) is 1. The van der Waals surface area contributed by atoms with Crippen molar-refractivity contribution < 1.29 is 14.4 Å². The Balaban J connectivity index is 1.67. The second kappa shape index (κ2) is 6.63. The van der Waals surface area contributed by atoms with Crippen LogP contribution in [0.1, 0.15) is 46.5 Å². The monoisotopic (exact) mass is 306 g/mol. The van der Waals surface area contributed by atoms with Crippen molar-refractivity contribution in [3.63, 3.8) is 0 Å². The molecule has 0 saturated carbocycles. The molecule has 0 spiro atoms. The fraction of sp³-hybridized carbons (Fsp3) is 0.706. The highest BCUT2D eigenvalue weighted by Gasteiger charge is 2.33. The third kappa shape index (κ3) is 3.96. The minimum atomic E-state index is -0.246. The van der Waals surface area contributed by atoms with Gasteiger partial charge in [-0.05, 0) is 30.6 Å². The van der Waals surface area contributed by atoms with Crippen LogP contribution in [-0.2, 0) is 14.4 Å².